The van der Waals surface area contributed by atoms with Crippen LogP contribution in [0.4, 0.5) is 8.78 Å². The molecule has 0 aliphatic heterocycles. The van der Waals surface area contributed by atoms with Crippen LogP contribution in [0.15, 0.2) is 29.6 Å². The zero-order valence-corrected chi connectivity index (χ0v) is 12.8. The molecule has 0 spiro atoms. The second-order valence-corrected chi connectivity index (χ2v) is 5.57. The number of phenols is 1. The average molecular weight is 327 g/mol. The van der Waals surface area contributed by atoms with E-state index in [1.54, 1.807) is 19.1 Å². The number of hydrogen-bond acceptors (Lipinski definition) is 4. The van der Waals surface area contributed by atoms with Gasteiger partial charge in [-0.05, 0) is 36.6 Å². The molecule has 0 aliphatic rings. The van der Waals surface area contributed by atoms with Gasteiger partial charge in [-0.2, -0.15) is 0 Å². The summed E-state index contributed by atoms with van der Waals surface area (Å²) in [4.78, 5) is 11.9. The summed E-state index contributed by atoms with van der Waals surface area (Å²) in [5.74, 6) is -0.0861. The Morgan fingerprint density at radius 1 is 1.36 bits per heavy atom. The predicted molar refractivity (Wildman–Crippen MR) is 79.8 cm³/mol. The van der Waals surface area contributed by atoms with E-state index in [-0.39, 0.29) is 16.2 Å². The quantitative estimate of drug-likeness (QED) is 0.876. The highest BCUT2D eigenvalue weighted by Gasteiger charge is 2.22. The number of methoxy groups -OCH3 is 1. The van der Waals surface area contributed by atoms with Crippen molar-refractivity contribution in [1.82, 2.24) is 5.32 Å². The van der Waals surface area contributed by atoms with E-state index in [4.69, 9.17) is 4.74 Å². The molecule has 1 unspecified atom stereocenters. The summed E-state index contributed by atoms with van der Waals surface area (Å²) in [6.45, 7) is 1.65. The third-order valence-corrected chi connectivity index (χ3v) is 4.11. The molecular weight excluding hydrogens is 312 g/mol. The Balaban J connectivity index is 2.19. The lowest BCUT2D eigenvalue weighted by atomic mass is 10.1. The minimum atomic E-state index is -2.69. The van der Waals surface area contributed by atoms with Crippen LogP contribution >= 0.6 is 11.3 Å². The smallest absolute Gasteiger partial charge is 0.273 e. The van der Waals surface area contributed by atoms with E-state index in [2.05, 4.69) is 5.32 Å². The monoisotopic (exact) mass is 327 g/mol. The maximum absolute atomic E-state index is 12.8. The summed E-state index contributed by atoms with van der Waals surface area (Å²) in [5.41, 5.74) is 0.399. The average Bonchev–Trinajstić information content (AvgIpc) is 2.97. The van der Waals surface area contributed by atoms with Crippen LogP contribution in [0.25, 0.3) is 0 Å². The fourth-order valence-corrected chi connectivity index (χ4v) is 2.78. The molecule has 118 valence electrons. The van der Waals surface area contributed by atoms with Crippen LogP contribution in [0.3, 0.4) is 0 Å². The second kappa shape index (κ2) is 6.74. The lowest BCUT2D eigenvalue weighted by molar-refractivity contribution is 0.0928. The van der Waals surface area contributed by atoms with Crippen LogP contribution in [0.5, 0.6) is 11.5 Å². The van der Waals surface area contributed by atoms with Gasteiger partial charge in [0, 0.05) is 5.56 Å². The lowest BCUT2D eigenvalue weighted by Crippen LogP contribution is -2.27. The molecule has 0 radical (unpaired) electrons. The Labute approximate surface area is 130 Å². The van der Waals surface area contributed by atoms with Crippen LogP contribution in [-0.4, -0.2) is 18.1 Å². The van der Waals surface area contributed by atoms with Crippen LogP contribution in [-0.2, 0) is 0 Å². The van der Waals surface area contributed by atoms with E-state index in [1.165, 1.54) is 24.6 Å². The van der Waals surface area contributed by atoms with Gasteiger partial charge in [-0.15, -0.1) is 11.3 Å². The second-order valence-electron chi connectivity index (χ2n) is 4.62. The summed E-state index contributed by atoms with van der Waals surface area (Å²) in [6, 6.07) is 5.42. The van der Waals surface area contributed by atoms with E-state index < -0.39 is 18.4 Å². The first-order chi connectivity index (χ1) is 10.4. The summed E-state index contributed by atoms with van der Waals surface area (Å²) < 4.78 is 30.7. The van der Waals surface area contributed by atoms with Gasteiger partial charge in [0.05, 0.1) is 23.6 Å². The predicted octanol–water partition coefficient (Wildman–Crippen LogP) is 3.89. The zero-order valence-electron chi connectivity index (χ0n) is 12.0. The van der Waals surface area contributed by atoms with E-state index in [0.29, 0.717) is 11.3 Å². The number of benzene rings is 1. The number of aromatic hydroxyl groups is 1. The topological polar surface area (TPSA) is 58.6 Å². The molecule has 0 saturated heterocycles. The number of alkyl halides is 2. The molecule has 1 aromatic carbocycles. The summed E-state index contributed by atoms with van der Waals surface area (Å²) >= 11 is 0.838. The molecule has 1 amide bonds. The summed E-state index contributed by atoms with van der Waals surface area (Å²) in [6.07, 6.45) is -2.69. The van der Waals surface area contributed by atoms with Crippen molar-refractivity contribution in [3.05, 3.63) is 45.6 Å². The Morgan fingerprint density at radius 3 is 2.73 bits per heavy atom. The lowest BCUT2D eigenvalue weighted by Gasteiger charge is -2.16. The number of phenolic OH excluding ortho intramolecular Hbond substituents is 1. The molecule has 22 heavy (non-hydrogen) atoms. The highest BCUT2D eigenvalue weighted by atomic mass is 32.1. The molecule has 0 fully saturated rings. The maximum atomic E-state index is 12.8. The maximum Gasteiger partial charge on any atom is 0.273 e. The van der Waals surface area contributed by atoms with Gasteiger partial charge in [0.25, 0.3) is 12.3 Å². The van der Waals surface area contributed by atoms with Crippen molar-refractivity contribution < 1.29 is 23.4 Å². The number of amides is 1. The Bertz CT molecular complexity index is 673. The van der Waals surface area contributed by atoms with Crippen molar-refractivity contribution in [3.63, 3.8) is 0 Å². The molecule has 0 saturated carbocycles. The van der Waals surface area contributed by atoms with Crippen LogP contribution in [0, 0.1) is 0 Å². The molecular formula is C15H15F2NO3S. The number of thiophene rings is 1. The molecule has 2 aromatic rings. The van der Waals surface area contributed by atoms with Crippen LogP contribution in [0.2, 0.25) is 0 Å². The van der Waals surface area contributed by atoms with Gasteiger partial charge in [-0.25, -0.2) is 8.78 Å². The molecule has 2 rings (SSSR count). The number of ether oxygens (including phenoxy) is 1. The minimum Gasteiger partial charge on any atom is -0.508 e. The Kier molecular flexibility index (Phi) is 4.97. The fourth-order valence-electron chi connectivity index (χ4n) is 2.04. The van der Waals surface area contributed by atoms with Crippen molar-refractivity contribution in [1.29, 1.82) is 0 Å². The number of carbonyl (C=O) groups excluding carboxylic acids is 1. The van der Waals surface area contributed by atoms with Crippen molar-refractivity contribution in [2.45, 2.75) is 19.4 Å². The van der Waals surface area contributed by atoms with Gasteiger partial charge in [0.15, 0.2) is 0 Å². The largest absolute Gasteiger partial charge is 0.508 e. The molecule has 0 bridgehead atoms. The zero-order chi connectivity index (χ0) is 16.3. The molecule has 1 atom stereocenters. The van der Waals surface area contributed by atoms with Gasteiger partial charge in [0.2, 0.25) is 0 Å². The van der Waals surface area contributed by atoms with Gasteiger partial charge in [0.1, 0.15) is 11.5 Å². The van der Waals surface area contributed by atoms with Crippen molar-refractivity contribution in [2.24, 2.45) is 0 Å². The highest BCUT2D eigenvalue weighted by Crippen LogP contribution is 2.31. The van der Waals surface area contributed by atoms with Crippen molar-refractivity contribution >= 4 is 17.2 Å². The molecule has 2 N–H and O–H groups in total. The van der Waals surface area contributed by atoms with Crippen molar-refractivity contribution in [3.8, 4) is 11.5 Å². The number of rotatable bonds is 5. The minimum absolute atomic E-state index is 0.00648. The summed E-state index contributed by atoms with van der Waals surface area (Å²) in [7, 11) is 1.49. The van der Waals surface area contributed by atoms with E-state index in [0.717, 1.165) is 11.3 Å². The van der Waals surface area contributed by atoms with Crippen molar-refractivity contribution in [2.75, 3.05) is 7.11 Å². The highest BCUT2D eigenvalue weighted by molar-refractivity contribution is 7.10. The Morgan fingerprint density at radius 2 is 2.09 bits per heavy atom. The number of hydrogen-bond donors (Lipinski definition) is 2. The van der Waals surface area contributed by atoms with Gasteiger partial charge in [-0.1, -0.05) is 0 Å². The SMILES string of the molecule is COc1ccc(O)c(C(C)NC(=O)c2ccsc2C(F)F)c1. The fraction of sp³-hybridized carbons (Fsp3) is 0.267. The number of carbonyl (C=O) groups is 1. The standard InChI is InChI=1S/C15H15F2NO3S/c1-8(11-7-9(21-2)3-4-12(11)19)18-15(20)10-5-6-22-13(10)14(16)17/h3-8,14,19H,1-2H3,(H,18,20). The third-order valence-electron chi connectivity index (χ3n) is 3.19. The van der Waals surface area contributed by atoms with E-state index >= 15 is 0 Å². The van der Waals surface area contributed by atoms with E-state index in [9.17, 15) is 18.7 Å². The Hall–Kier alpha value is -2.15. The molecule has 0 aliphatic carbocycles. The molecule has 7 heteroatoms. The first-order valence-electron chi connectivity index (χ1n) is 6.47. The van der Waals surface area contributed by atoms with Gasteiger partial charge >= 0.3 is 0 Å². The number of nitrogens with one attached hydrogen (secondary N) is 1. The third kappa shape index (κ3) is 3.36. The first kappa shape index (κ1) is 16.2. The van der Waals surface area contributed by atoms with Crippen LogP contribution < -0.4 is 10.1 Å². The van der Waals surface area contributed by atoms with Gasteiger partial charge < -0.3 is 15.2 Å². The van der Waals surface area contributed by atoms with E-state index in [1.807, 2.05) is 0 Å². The summed E-state index contributed by atoms with van der Waals surface area (Å²) in [5, 5.41) is 13.9. The normalized spacial score (nSPS) is 12.2. The first-order valence-corrected chi connectivity index (χ1v) is 7.35. The molecule has 1 heterocycles. The van der Waals surface area contributed by atoms with Crippen LogP contribution in [0.1, 0.15) is 40.2 Å². The molecule has 1 aromatic heterocycles. The molecule has 4 nitrogen and oxygen atoms in total. The van der Waals surface area contributed by atoms with Gasteiger partial charge in [-0.3, -0.25) is 4.79 Å². The number of halogens is 2.